The van der Waals surface area contributed by atoms with Gasteiger partial charge in [0.15, 0.2) is 11.5 Å². The van der Waals surface area contributed by atoms with Crippen LogP contribution in [0.4, 0.5) is 0 Å². The molecule has 0 atom stereocenters. The van der Waals surface area contributed by atoms with Gasteiger partial charge in [0, 0.05) is 11.9 Å². The summed E-state index contributed by atoms with van der Waals surface area (Å²) in [5, 5.41) is 0.899. The van der Waals surface area contributed by atoms with Crippen LogP contribution < -0.4 is 9.47 Å². The van der Waals surface area contributed by atoms with Gasteiger partial charge in [-0.1, -0.05) is 35.3 Å². The van der Waals surface area contributed by atoms with Crippen LogP contribution in [0.5, 0.6) is 17.2 Å². The van der Waals surface area contributed by atoms with Crippen molar-refractivity contribution in [1.82, 2.24) is 0 Å². The molecule has 0 unspecified atom stereocenters. The monoisotopic (exact) mass is 296 g/mol. The molecule has 2 aromatic carbocycles. The zero-order chi connectivity index (χ0) is 13.8. The average molecular weight is 297 g/mol. The summed E-state index contributed by atoms with van der Waals surface area (Å²) < 4.78 is 10.7. The number of para-hydroxylation sites is 2. The minimum absolute atomic E-state index is 0.334. The highest BCUT2D eigenvalue weighted by Crippen LogP contribution is 2.35. The van der Waals surface area contributed by atoms with Crippen LogP contribution >= 0.6 is 23.2 Å². The zero-order valence-electron chi connectivity index (χ0n) is 10.0. The molecule has 0 aliphatic carbocycles. The Kier molecular flexibility index (Phi) is 4.30. The Labute approximate surface area is 120 Å². The molecule has 0 bridgehead atoms. The highest BCUT2D eigenvalue weighted by atomic mass is 35.5. The maximum atomic E-state index is 11.0. The fourth-order valence-electron chi connectivity index (χ4n) is 1.45. The van der Waals surface area contributed by atoms with E-state index in [0.29, 0.717) is 27.3 Å². The zero-order valence-corrected chi connectivity index (χ0v) is 11.5. The van der Waals surface area contributed by atoms with Gasteiger partial charge in [-0.05, 0) is 30.3 Å². The number of rotatable bonds is 3. The van der Waals surface area contributed by atoms with Gasteiger partial charge in [0.2, 0.25) is 0 Å². The summed E-state index contributed by atoms with van der Waals surface area (Å²) in [6, 6.07) is 11.7. The number of esters is 1. The van der Waals surface area contributed by atoms with E-state index in [4.69, 9.17) is 32.7 Å². The van der Waals surface area contributed by atoms with Crippen LogP contribution in [-0.4, -0.2) is 5.97 Å². The smallest absolute Gasteiger partial charge is 0.308 e. The molecular formula is C14H10Cl2O3. The maximum Gasteiger partial charge on any atom is 0.308 e. The first-order valence-electron chi connectivity index (χ1n) is 5.46. The first kappa shape index (κ1) is 13.7. The molecule has 5 heteroatoms. The van der Waals surface area contributed by atoms with E-state index >= 15 is 0 Å². The van der Waals surface area contributed by atoms with Crippen LogP contribution in [-0.2, 0) is 4.79 Å². The minimum atomic E-state index is -0.418. The molecular weight excluding hydrogens is 287 g/mol. The molecule has 2 aromatic rings. The average Bonchev–Trinajstić information content (AvgIpc) is 2.34. The van der Waals surface area contributed by atoms with Crippen molar-refractivity contribution >= 4 is 29.2 Å². The number of carbonyl (C=O) groups excluding carboxylic acids is 1. The van der Waals surface area contributed by atoms with Gasteiger partial charge in [-0.15, -0.1) is 0 Å². The molecule has 0 aliphatic heterocycles. The third-order valence-corrected chi connectivity index (χ3v) is 2.75. The molecule has 0 spiro atoms. The quantitative estimate of drug-likeness (QED) is 0.608. The predicted octanol–water partition coefficient (Wildman–Crippen LogP) is 4.71. The third-order valence-electron chi connectivity index (χ3n) is 2.22. The second-order valence-electron chi connectivity index (χ2n) is 3.72. The predicted molar refractivity (Wildman–Crippen MR) is 74.3 cm³/mol. The Morgan fingerprint density at radius 1 is 1.00 bits per heavy atom. The summed E-state index contributed by atoms with van der Waals surface area (Å²) in [6.45, 7) is 1.33. The summed E-state index contributed by atoms with van der Waals surface area (Å²) in [5.74, 6) is 0.756. The van der Waals surface area contributed by atoms with E-state index in [2.05, 4.69) is 0 Å². The molecule has 0 radical (unpaired) electrons. The van der Waals surface area contributed by atoms with Crippen LogP contribution in [0.25, 0.3) is 0 Å². The van der Waals surface area contributed by atoms with Crippen molar-refractivity contribution in [2.45, 2.75) is 6.92 Å². The lowest BCUT2D eigenvalue weighted by Gasteiger charge is -2.11. The normalized spacial score (nSPS) is 10.1. The minimum Gasteiger partial charge on any atom is -0.452 e. The Balaban J connectivity index is 2.30. The van der Waals surface area contributed by atoms with Crippen LogP contribution in [0, 0.1) is 0 Å². The van der Waals surface area contributed by atoms with Gasteiger partial charge in [0.25, 0.3) is 0 Å². The van der Waals surface area contributed by atoms with E-state index in [1.807, 2.05) is 0 Å². The van der Waals surface area contributed by atoms with E-state index < -0.39 is 5.97 Å². The molecule has 0 fully saturated rings. The Bertz CT molecular complexity index is 611. The largest absolute Gasteiger partial charge is 0.452 e. The number of halogens is 2. The molecule has 0 saturated carbocycles. The van der Waals surface area contributed by atoms with Gasteiger partial charge in [-0.25, -0.2) is 0 Å². The topological polar surface area (TPSA) is 35.5 Å². The van der Waals surface area contributed by atoms with Crippen LogP contribution in [0.2, 0.25) is 10.0 Å². The second kappa shape index (κ2) is 5.95. The number of ether oxygens (including phenoxy) is 2. The maximum absolute atomic E-state index is 11.0. The van der Waals surface area contributed by atoms with Crippen molar-refractivity contribution in [2.24, 2.45) is 0 Å². The lowest BCUT2D eigenvalue weighted by molar-refractivity contribution is -0.131. The first-order chi connectivity index (χ1) is 9.06. The molecule has 98 valence electrons. The van der Waals surface area contributed by atoms with Crippen molar-refractivity contribution in [3.8, 4) is 17.2 Å². The first-order valence-corrected chi connectivity index (χ1v) is 6.22. The lowest BCUT2D eigenvalue weighted by Crippen LogP contribution is -2.02. The van der Waals surface area contributed by atoms with Crippen LogP contribution in [0.1, 0.15) is 6.92 Å². The fourth-order valence-corrected chi connectivity index (χ4v) is 1.90. The van der Waals surface area contributed by atoms with Crippen molar-refractivity contribution in [3.63, 3.8) is 0 Å². The summed E-state index contributed by atoms with van der Waals surface area (Å²) in [5.41, 5.74) is 0. The van der Waals surface area contributed by atoms with Crippen LogP contribution in [0.15, 0.2) is 42.5 Å². The Hall–Kier alpha value is -1.71. The summed E-state index contributed by atoms with van der Waals surface area (Å²) in [7, 11) is 0. The van der Waals surface area contributed by atoms with Gasteiger partial charge >= 0.3 is 5.97 Å². The summed E-state index contributed by atoms with van der Waals surface area (Å²) in [4.78, 5) is 11.0. The van der Waals surface area contributed by atoms with Gasteiger partial charge in [0.05, 0.1) is 5.02 Å². The summed E-state index contributed by atoms with van der Waals surface area (Å²) >= 11 is 11.8. The molecule has 0 heterocycles. The molecule has 2 rings (SSSR count). The standard InChI is InChI=1S/C14H10Cl2O3/c1-9(17)18-13-4-2-3-5-14(13)19-12-7-6-10(15)8-11(12)16/h2-8H,1H3. The van der Waals surface area contributed by atoms with E-state index in [0.717, 1.165) is 0 Å². The van der Waals surface area contributed by atoms with Gasteiger partial charge < -0.3 is 9.47 Å². The van der Waals surface area contributed by atoms with Crippen molar-refractivity contribution in [3.05, 3.63) is 52.5 Å². The molecule has 0 N–H and O–H groups in total. The Morgan fingerprint density at radius 3 is 2.32 bits per heavy atom. The highest BCUT2D eigenvalue weighted by molar-refractivity contribution is 6.35. The van der Waals surface area contributed by atoms with E-state index in [-0.39, 0.29) is 0 Å². The van der Waals surface area contributed by atoms with Crippen molar-refractivity contribution < 1.29 is 14.3 Å². The number of carbonyl (C=O) groups is 1. The van der Waals surface area contributed by atoms with E-state index in [1.165, 1.54) is 6.92 Å². The molecule has 19 heavy (non-hydrogen) atoms. The van der Waals surface area contributed by atoms with E-state index in [9.17, 15) is 4.79 Å². The Morgan fingerprint density at radius 2 is 1.68 bits per heavy atom. The molecule has 3 nitrogen and oxygen atoms in total. The van der Waals surface area contributed by atoms with E-state index in [1.54, 1.807) is 42.5 Å². The molecule has 0 aliphatic rings. The van der Waals surface area contributed by atoms with Gasteiger partial charge in [0.1, 0.15) is 5.75 Å². The number of hydrogen-bond donors (Lipinski definition) is 0. The summed E-state index contributed by atoms with van der Waals surface area (Å²) in [6.07, 6.45) is 0. The molecule has 0 amide bonds. The molecule has 0 aromatic heterocycles. The number of benzene rings is 2. The highest BCUT2D eigenvalue weighted by Gasteiger charge is 2.10. The second-order valence-corrected chi connectivity index (χ2v) is 4.56. The van der Waals surface area contributed by atoms with Gasteiger partial charge in [-0.2, -0.15) is 0 Å². The number of hydrogen-bond acceptors (Lipinski definition) is 3. The SMILES string of the molecule is CC(=O)Oc1ccccc1Oc1ccc(Cl)cc1Cl. The van der Waals surface area contributed by atoms with Gasteiger partial charge in [-0.3, -0.25) is 4.79 Å². The third kappa shape index (κ3) is 3.63. The van der Waals surface area contributed by atoms with Crippen molar-refractivity contribution in [1.29, 1.82) is 0 Å². The molecule has 0 saturated heterocycles. The van der Waals surface area contributed by atoms with Crippen molar-refractivity contribution in [2.75, 3.05) is 0 Å². The lowest BCUT2D eigenvalue weighted by atomic mass is 10.3. The van der Waals surface area contributed by atoms with Crippen LogP contribution in [0.3, 0.4) is 0 Å². The fraction of sp³-hybridized carbons (Fsp3) is 0.0714.